The minimum absolute atomic E-state index is 0.0405. The molecule has 2 aliphatic carbocycles. The molecule has 1 unspecified atom stereocenters. The number of halogens is 1. The van der Waals surface area contributed by atoms with E-state index in [-0.39, 0.29) is 26.4 Å². The minimum Gasteiger partial charge on any atom is -0.426 e. The van der Waals surface area contributed by atoms with Crippen molar-refractivity contribution in [2.45, 2.75) is 79.7 Å². The van der Waals surface area contributed by atoms with Crippen LogP contribution < -0.4 is 11.2 Å². The zero-order valence-electron chi connectivity index (χ0n) is 29.8. The van der Waals surface area contributed by atoms with Gasteiger partial charge in [-0.2, -0.15) is 0 Å². The molecule has 53 heavy (non-hydrogen) atoms. The average molecular weight is 787 g/mol. The van der Waals surface area contributed by atoms with Crippen LogP contribution in [-0.2, 0) is 70.2 Å². The van der Waals surface area contributed by atoms with Crippen molar-refractivity contribution in [2.75, 3.05) is 75.1 Å². The first-order chi connectivity index (χ1) is 25.3. The van der Waals surface area contributed by atoms with Gasteiger partial charge in [0.05, 0.1) is 26.4 Å². The molecule has 23 heteroatoms. The molecular weight excluding hydrogens is 742 g/mol. The van der Waals surface area contributed by atoms with Gasteiger partial charge in [-0.05, 0) is 19.8 Å². The number of phosphoric ester groups is 1. The lowest BCUT2D eigenvalue weighted by Crippen LogP contribution is -2.49. The number of hydrogen-bond donors (Lipinski definition) is 1. The number of H-pyrrole nitrogens is 1. The summed E-state index contributed by atoms with van der Waals surface area (Å²) in [6.45, 7) is -2.17. The summed E-state index contributed by atoms with van der Waals surface area (Å²) in [6, 6.07) is 1.08. The number of aromatic amines is 1. The van der Waals surface area contributed by atoms with Crippen LogP contribution in [0.2, 0.25) is 0 Å². The van der Waals surface area contributed by atoms with E-state index in [1.54, 1.807) is 0 Å². The number of nitrogens with zero attached hydrogens (tertiary/aromatic N) is 1. The number of aromatic nitrogens is 2. The van der Waals surface area contributed by atoms with Crippen LogP contribution in [0.25, 0.3) is 0 Å². The summed E-state index contributed by atoms with van der Waals surface area (Å²) >= 11 is 0. The largest absolute Gasteiger partial charge is 0.510 e. The maximum Gasteiger partial charge on any atom is 0.510 e. The highest BCUT2D eigenvalue weighted by Crippen LogP contribution is 2.79. The molecule has 0 radical (unpaired) electrons. The Morgan fingerprint density at radius 2 is 1.45 bits per heavy atom. The topological polar surface area (TPSA) is 235 Å². The first-order valence-electron chi connectivity index (χ1n) is 16.5. The summed E-state index contributed by atoms with van der Waals surface area (Å²) in [7, 11) is 0.444. The molecule has 5 atom stereocenters. The van der Waals surface area contributed by atoms with Crippen molar-refractivity contribution in [1.82, 2.24) is 9.55 Å². The molecular formula is C30H44FN2O19P. The van der Waals surface area contributed by atoms with Crippen molar-refractivity contribution in [3.05, 3.63) is 33.1 Å². The van der Waals surface area contributed by atoms with Gasteiger partial charge in [-0.1, -0.05) is 0 Å². The molecule has 0 amide bonds. The van der Waals surface area contributed by atoms with Crippen LogP contribution in [0.15, 0.2) is 21.9 Å². The van der Waals surface area contributed by atoms with Crippen molar-refractivity contribution >= 4 is 20.1 Å². The summed E-state index contributed by atoms with van der Waals surface area (Å²) in [5.41, 5.74) is -7.19. The number of nitrogens with one attached hydrogen (secondary N) is 1. The van der Waals surface area contributed by atoms with Crippen LogP contribution in [0.5, 0.6) is 0 Å². The Morgan fingerprint density at radius 3 is 1.92 bits per heavy atom. The molecule has 0 bridgehead atoms. The van der Waals surface area contributed by atoms with E-state index in [4.69, 9.17) is 65.7 Å². The highest BCUT2D eigenvalue weighted by Gasteiger charge is 2.99. The number of hydrogen-bond acceptors (Lipinski definition) is 19. The molecule has 4 aliphatic rings. The summed E-state index contributed by atoms with van der Waals surface area (Å²) in [4.78, 5) is 51.6. The van der Waals surface area contributed by atoms with Gasteiger partial charge in [0.25, 0.3) is 5.56 Å². The molecule has 2 aliphatic heterocycles. The fraction of sp³-hybridized carbons (Fsp3) is 0.800. The summed E-state index contributed by atoms with van der Waals surface area (Å²) in [6.07, 6.45) is -3.92. The Labute approximate surface area is 301 Å². The van der Waals surface area contributed by atoms with Crippen molar-refractivity contribution in [3.63, 3.8) is 0 Å². The van der Waals surface area contributed by atoms with Gasteiger partial charge in [0.2, 0.25) is 13.6 Å². The standard InChI is InChI=1S/C30H44FN2O19P/c1-27-23(33-11-8-21(34)32-24(33)35)49-29(16-31)22(30(27,29)52-28(51-27)9-6-7-10-28)50-53(38,45-17-43-25(36)47-19(12-39-2)13-40-3)46-18-44-26(37)48-20(14-41-4)15-42-5/h8,11,19-20,22-23H,6-7,9-10,12-18H2,1-5H3,(H,32,34,35)/t22?,23-,27+,29-,30+/m1/s1. The van der Waals surface area contributed by atoms with E-state index in [2.05, 4.69) is 4.98 Å². The number of rotatable bonds is 20. The number of alkyl halides is 1. The number of phosphoric acid groups is 1. The fourth-order valence-corrected chi connectivity index (χ4v) is 8.21. The third-order valence-corrected chi connectivity index (χ3v) is 10.5. The Hall–Kier alpha value is -3.02. The number of methoxy groups -OCH3 is 4. The smallest absolute Gasteiger partial charge is 0.426 e. The van der Waals surface area contributed by atoms with E-state index in [0.29, 0.717) is 25.7 Å². The van der Waals surface area contributed by atoms with E-state index < -0.39 is 98.8 Å². The second-order valence-corrected chi connectivity index (χ2v) is 14.3. The number of carbonyl (C=O) groups excluding carboxylic acids is 2. The normalized spacial score (nSPS) is 28.3. The molecule has 3 heterocycles. The maximum atomic E-state index is 15.4. The molecule has 5 rings (SSSR count). The highest BCUT2D eigenvalue weighted by atomic mass is 31.2. The number of ether oxygens (including phenoxy) is 11. The van der Waals surface area contributed by atoms with Gasteiger partial charge >= 0.3 is 25.8 Å². The molecule has 1 N–H and O–H groups in total. The zero-order valence-corrected chi connectivity index (χ0v) is 30.7. The first kappa shape index (κ1) is 41.1. The van der Waals surface area contributed by atoms with E-state index in [1.165, 1.54) is 35.4 Å². The van der Waals surface area contributed by atoms with Crippen LogP contribution in [0.4, 0.5) is 14.0 Å². The van der Waals surface area contributed by atoms with Crippen LogP contribution in [0.1, 0.15) is 38.8 Å². The quantitative estimate of drug-likeness (QED) is 0.112. The molecule has 300 valence electrons. The first-order valence-corrected chi connectivity index (χ1v) is 17.9. The van der Waals surface area contributed by atoms with Crippen LogP contribution in [0.3, 0.4) is 0 Å². The Balaban J connectivity index is 1.38. The Kier molecular flexibility index (Phi) is 13.0. The Bertz CT molecular complexity index is 1550. The molecule has 4 fully saturated rings. The van der Waals surface area contributed by atoms with E-state index in [0.717, 1.165) is 16.8 Å². The molecule has 2 saturated heterocycles. The third kappa shape index (κ3) is 8.04. The van der Waals surface area contributed by atoms with Crippen LogP contribution in [0, 0.1) is 0 Å². The summed E-state index contributed by atoms with van der Waals surface area (Å²) in [5, 5.41) is 0. The second kappa shape index (κ2) is 16.8. The predicted octanol–water partition coefficient (Wildman–Crippen LogP) is 1.67. The number of carbonyl (C=O) groups is 2. The maximum absolute atomic E-state index is 15.4. The van der Waals surface area contributed by atoms with Gasteiger partial charge in [0, 0.05) is 53.5 Å². The second-order valence-electron chi connectivity index (χ2n) is 12.7. The SMILES string of the molecule is COCC(COC)OC(=O)OCOP(=O)(OCOC(=O)OC(COC)COC)OC1[C@]23OC4(CCCC4)O[C@@]2(C)[C@H](n2ccc(=O)[nH]c2=O)O[C@]13CF. The van der Waals surface area contributed by atoms with E-state index >= 15 is 4.39 Å². The lowest BCUT2D eigenvalue weighted by atomic mass is 9.94. The lowest BCUT2D eigenvalue weighted by Gasteiger charge is -2.34. The zero-order chi connectivity index (χ0) is 38.5. The summed E-state index contributed by atoms with van der Waals surface area (Å²) < 4.78 is 106. The van der Waals surface area contributed by atoms with Gasteiger partial charge < -0.3 is 52.1 Å². The fourth-order valence-electron chi connectivity index (χ4n) is 7.07. The highest BCUT2D eigenvalue weighted by molar-refractivity contribution is 7.48. The molecule has 0 aromatic carbocycles. The average Bonchev–Trinajstić information content (AvgIpc) is 3.39. The third-order valence-electron chi connectivity index (χ3n) is 9.23. The van der Waals surface area contributed by atoms with Crippen molar-refractivity contribution < 1.29 is 84.2 Å². The van der Waals surface area contributed by atoms with Crippen molar-refractivity contribution in [1.29, 1.82) is 0 Å². The van der Waals surface area contributed by atoms with Crippen molar-refractivity contribution in [3.8, 4) is 0 Å². The molecule has 2 saturated carbocycles. The molecule has 2 spiro atoms. The molecule has 21 nitrogen and oxygen atoms in total. The van der Waals surface area contributed by atoms with Crippen LogP contribution in [-0.4, -0.2) is 138 Å². The van der Waals surface area contributed by atoms with E-state index in [9.17, 15) is 23.7 Å². The lowest BCUT2D eigenvalue weighted by molar-refractivity contribution is -0.234. The van der Waals surface area contributed by atoms with Gasteiger partial charge in [0.1, 0.15) is 18.4 Å². The van der Waals surface area contributed by atoms with Gasteiger partial charge in [-0.25, -0.2) is 32.4 Å². The predicted molar refractivity (Wildman–Crippen MR) is 169 cm³/mol. The molecule has 1 aromatic rings. The summed E-state index contributed by atoms with van der Waals surface area (Å²) in [5.74, 6) is -1.26. The van der Waals surface area contributed by atoms with E-state index in [1.807, 2.05) is 0 Å². The Morgan fingerprint density at radius 1 is 0.925 bits per heavy atom. The van der Waals surface area contributed by atoms with Crippen molar-refractivity contribution in [2.24, 2.45) is 0 Å². The van der Waals surface area contributed by atoms with Crippen LogP contribution >= 0.6 is 7.82 Å². The molecule has 1 aromatic heterocycles. The minimum atomic E-state index is -5.05. The monoisotopic (exact) mass is 786 g/mol. The van der Waals surface area contributed by atoms with Gasteiger partial charge in [0.15, 0.2) is 35.4 Å². The van der Waals surface area contributed by atoms with Gasteiger partial charge in [-0.3, -0.25) is 18.9 Å². The van der Waals surface area contributed by atoms with Gasteiger partial charge in [-0.15, -0.1) is 0 Å².